The summed E-state index contributed by atoms with van der Waals surface area (Å²) in [5.41, 5.74) is 0.996. The first-order valence-corrected chi connectivity index (χ1v) is 6.89. The summed E-state index contributed by atoms with van der Waals surface area (Å²) in [4.78, 5) is 0. The van der Waals surface area contributed by atoms with Crippen molar-refractivity contribution in [3.05, 3.63) is 49.1 Å². The highest BCUT2D eigenvalue weighted by Gasteiger charge is 2.14. The molecule has 0 N–H and O–H groups in total. The summed E-state index contributed by atoms with van der Waals surface area (Å²) in [6.07, 6.45) is 5.19. The number of rotatable bonds is 3. The number of ether oxygens (including phenoxy) is 2. The predicted octanol–water partition coefficient (Wildman–Crippen LogP) is 4.86. The lowest BCUT2D eigenvalue weighted by atomic mass is 10.0. The quantitative estimate of drug-likeness (QED) is 0.541. The molecule has 0 saturated heterocycles. The van der Waals surface area contributed by atoms with Gasteiger partial charge < -0.3 is 18.3 Å². The van der Waals surface area contributed by atoms with Gasteiger partial charge in [-0.15, -0.1) is 0 Å². The van der Waals surface area contributed by atoms with Crippen LogP contribution in [0.3, 0.4) is 0 Å². The van der Waals surface area contributed by atoms with Crippen LogP contribution in [-0.2, 0) is 0 Å². The fourth-order valence-corrected chi connectivity index (χ4v) is 2.70. The summed E-state index contributed by atoms with van der Waals surface area (Å²) in [7, 11) is 3.25. The topological polar surface area (TPSA) is 44.7 Å². The smallest absolute Gasteiger partial charge is 0.161 e. The standard InChI is InChI=1S/C18H14O4/c1-19-16-6-14-10-22-18(15(14)7-17(16)20-2)11-3-4-12-8-21-9-13(12)5-11/h3-10H,1-2H3. The number of methoxy groups -OCH3 is 2. The third-order valence-electron chi connectivity index (χ3n) is 3.84. The molecule has 0 fully saturated rings. The first-order chi connectivity index (χ1) is 10.8. The van der Waals surface area contributed by atoms with Crippen LogP contribution in [0.15, 0.2) is 58.0 Å². The predicted molar refractivity (Wildman–Crippen MR) is 84.5 cm³/mol. The Bertz CT molecular complexity index is 962. The van der Waals surface area contributed by atoms with E-state index in [1.165, 1.54) is 0 Å². The van der Waals surface area contributed by atoms with Crippen molar-refractivity contribution in [2.45, 2.75) is 0 Å². The molecule has 0 aliphatic rings. The van der Waals surface area contributed by atoms with Gasteiger partial charge in [-0.25, -0.2) is 0 Å². The first kappa shape index (κ1) is 12.8. The van der Waals surface area contributed by atoms with Crippen LogP contribution < -0.4 is 9.47 Å². The lowest BCUT2D eigenvalue weighted by Gasteiger charge is -2.07. The minimum atomic E-state index is 0.682. The third-order valence-corrected chi connectivity index (χ3v) is 3.84. The summed E-state index contributed by atoms with van der Waals surface area (Å²) in [5.74, 6) is 2.17. The molecule has 4 heteroatoms. The van der Waals surface area contributed by atoms with E-state index in [4.69, 9.17) is 18.3 Å². The summed E-state index contributed by atoms with van der Waals surface area (Å²) >= 11 is 0. The van der Waals surface area contributed by atoms with Crippen LogP contribution in [0.4, 0.5) is 0 Å². The van der Waals surface area contributed by atoms with E-state index in [-0.39, 0.29) is 0 Å². The third kappa shape index (κ3) is 1.84. The second kappa shape index (κ2) is 4.84. The van der Waals surface area contributed by atoms with Crippen molar-refractivity contribution in [1.82, 2.24) is 0 Å². The summed E-state index contributed by atoms with van der Waals surface area (Å²) in [6.45, 7) is 0. The molecule has 4 nitrogen and oxygen atoms in total. The van der Waals surface area contributed by atoms with Crippen molar-refractivity contribution < 1.29 is 18.3 Å². The normalized spacial score (nSPS) is 11.2. The lowest BCUT2D eigenvalue weighted by molar-refractivity contribution is 0.356. The molecule has 4 rings (SSSR count). The number of hydrogen-bond donors (Lipinski definition) is 0. The van der Waals surface area contributed by atoms with Crippen molar-refractivity contribution in [1.29, 1.82) is 0 Å². The Balaban J connectivity index is 1.94. The maximum atomic E-state index is 5.78. The molecule has 110 valence electrons. The van der Waals surface area contributed by atoms with Gasteiger partial charge in [0.2, 0.25) is 0 Å². The molecule has 0 aliphatic heterocycles. The van der Waals surface area contributed by atoms with Gasteiger partial charge in [-0.3, -0.25) is 0 Å². The van der Waals surface area contributed by atoms with Gasteiger partial charge in [0.05, 0.1) is 33.0 Å². The number of fused-ring (bicyclic) bond motifs is 2. The van der Waals surface area contributed by atoms with Gasteiger partial charge in [-0.1, -0.05) is 12.1 Å². The summed E-state index contributed by atoms with van der Waals surface area (Å²) in [5, 5.41) is 4.07. The fraction of sp³-hybridized carbons (Fsp3) is 0.111. The maximum absolute atomic E-state index is 5.78. The molecule has 0 bridgehead atoms. The van der Waals surface area contributed by atoms with E-state index < -0.39 is 0 Å². The van der Waals surface area contributed by atoms with Crippen LogP contribution >= 0.6 is 0 Å². The number of benzene rings is 2. The fourth-order valence-electron chi connectivity index (χ4n) is 2.70. The molecule has 4 aromatic rings. The average molecular weight is 294 g/mol. The van der Waals surface area contributed by atoms with Crippen molar-refractivity contribution in [2.24, 2.45) is 0 Å². The molecule has 0 radical (unpaired) electrons. The molecule has 0 saturated carbocycles. The molecule has 2 aromatic carbocycles. The van der Waals surface area contributed by atoms with Gasteiger partial charge in [0.25, 0.3) is 0 Å². The molecule has 0 amide bonds. The second-order valence-corrected chi connectivity index (χ2v) is 5.07. The first-order valence-electron chi connectivity index (χ1n) is 6.89. The van der Waals surface area contributed by atoms with E-state index in [1.807, 2.05) is 30.3 Å². The van der Waals surface area contributed by atoms with E-state index in [2.05, 4.69) is 0 Å². The monoisotopic (exact) mass is 294 g/mol. The van der Waals surface area contributed by atoms with E-state index >= 15 is 0 Å². The minimum Gasteiger partial charge on any atom is -0.493 e. The number of hydrogen-bond acceptors (Lipinski definition) is 4. The second-order valence-electron chi connectivity index (χ2n) is 5.07. The van der Waals surface area contributed by atoms with E-state index in [1.54, 1.807) is 33.0 Å². The van der Waals surface area contributed by atoms with E-state index in [9.17, 15) is 0 Å². The van der Waals surface area contributed by atoms with Crippen LogP contribution in [0, 0.1) is 0 Å². The highest BCUT2D eigenvalue weighted by atomic mass is 16.5. The molecule has 22 heavy (non-hydrogen) atoms. The Labute approximate surface area is 126 Å². The van der Waals surface area contributed by atoms with Crippen molar-refractivity contribution in [3.8, 4) is 22.8 Å². The Morgan fingerprint density at radius 2 is 1.55 bits per heavy atom. The Kier molecular flexibility index (Phi) is 2.82. The van der Waals surface area contributed by atoms with Crippen LogP contribution in [0.2, 0.25) is 0 Å². The Morgan fingerprint density at radius 3 is 2.36 bits per heavy atom. The van der Waals surface area contributed by atoms with Gasteiger partial charge in [0, 0.05) is 27.1 Å². The maximum Gasteiger partial charge on any atom is 0.161 e. The molecule has 0 spiro atoms. The molecular formula is C18H14O4. The van der Waals surface area contributed by atoms with Crippen LogP contribution in [0.25, 0.3) is 32.9 Å². The van der Waals surface area contributed by atoms with Crippen LogP contribution in [-0.4, -0.2) is 14.2 Å². The zero-order chi connectivity index (χ0) is 15.1. The van der Waals surface area contributed by atoms with E-state index in [0.29, 0.717) is 11.5 Å². The molecule has 2 heterocycles. The van der Waals surface area contributed by atoms with Crippen molar-refractivity contribution in [3.63, 3.8) is 0 Å². The molecular weight excluding hydrogens is 280 g/mol. The summed E-state index contributed by atoms with van der Waals surface area (Å²) in [6, 6.07) is 9.94. The van der Waals surface area contributed by atoms with Crippen LogP contribution in [0.1, 0.15) is 0 Å². The van der Waals surface area contributed by atoms with Gasteiger partial charge in [-0.05, 0) is 18.2 Å². The highest BCUT2D eigenvalue weighted by Crippen LogP contribution is 2.38. The summed E-state index contributed by atoms with van der Waals surface area (Å²) < 4.78 is 21.7. The zero-order valence-corrected chi connectivity index (χ0v) is 12.3. The molecule has 0 unspecified atom stereocenters. The van der Waals surface area contributed by atoms with Gasteiger partial charge in [0.15, 0.2) is 11.5 Å². The largest absolute Gasteiger partial charge is 0.493 e. The SMILES string of the molecule is COc1cc2coc(-c3ccc4cocc4c3)c2cc1OC. The van der Waals surface area contributed by atoms with Crippen molar-refractivity contribution in [2.75, 3.05) is 14.2 Å². The lowest BCUT2D eigenvalue weighted by Crippen LogP contribution is -1.89. The average Bonchev–Trinajstić information content (AvgIpc) is 3.18. The zero-order valence-electron chi connectivity index (χ0n) is 12.3. The number of furan rings is 2. The van der Waals surface area contributed by atoms with Crippen LogP contribution in [0.5, 0.6) is 11.5 Å². The van der Waals surface area contributed by atoms with Gasteiger partial charge >= 0.3 is 0 Å². The minimum absolute atomic E-state index is 0.682. The van der Waals surface area contributed by atoms with Gasteiger partial charge in [-0.2, -0.15) is 0 Å². The van der Waals surface area contributed by atoms with Crippen molar-refractivity contribution >= 4 is 21.5 Å². The van der Waals surface area contributed by atoms with E-state index in [0.717, 1.165) is 32.9 Å². The Hall–Kier alpha value is -2.88. The molecule has 0 aliphatic carbocycles. The highest BCUT2D eigenvalue weighted by molar-refractivity contribution is 5.98. The molecule has 0 atom stereocenters. The Morgan fingerprint density at radius 1 is 0.773 bits per heavy atom. The van der Waals surface area contributed by atoms with Gasteiger partial charge in [0.1, 0.15) is 5.76 Å². The molecule has 2 aromatic heterocycles.